The highest BCUT2D eigenvalue weighted by atomic mass is 32.2. The van der Waals surface area contributed by atoms with Gasteiger partial charge in [0, 0.05) is 11.9 Å². The molecule has 1 aromatic rings. The van der Waals surface area contributed by atoms with Gasteiger partial charge in [-0.3, -0.25) is 4.79 Å². The van der Waals surface area contributed by atoms with E-state index in [9.17, 15) is 13.2 Å². The van der Waals surface area contributed by atoms with E-state index in [-0.39, 0.29) is 31.2 Å². The number of hydrogen-bond acceptors (Lipinski definition) is 5. The second-order valence-corrected chi connectivity index (χ2v) is 6.33. The van der Waals surface area contributed by atoms with Gasteiger partial charge in [0.1, 0.15) is 0 Å². The summed E-state index contributed by atoms with van der Waals surface area (Å²) in [6.45, 7) is 0.530. The molecule has 0 atom stereocenters. The maximum absolute atomic E-state index is 11.7. The number of hydrogen-bond donors (Lipinski definition) is 3. The van der Waals surface area contributed by atoms with Crippen molar-refractivity contribution < 1.29 is 13.2 Å². The van der Waals surface area contributed by atoms with E-state index in [0.29, 0.717) is 5.56 Å². The zero-order chi connectivity index (χ0) is 14.3. The van der Waals surface area contributed by atoms with E-state index < -0.39 is 10.0 Å². The Labute approximate surface area is 116 Å². The molecule has 0 aliphatic heterocycles. The van der Waals surface area contributed by atoms with Crippen LogP contribution in [0.1, 0.15) is 21.7 Å². The summed E-state index contributed by atoms with van der Waals surface area (Å²) in [6, 6.07) is 1.67. The lowest BCUT2D eigenvalue weighted by molar-refractivity contribution is 0.0954. The van der Waals surface area contributed by atoms with Crippen LogP contribution >= 0.6 is 11.3 Å². The van der Waals surface area contributed by atoms with Crippen LogP contribution in [0.4, 0.5) is 0 Å². The average molecular weight is 301 g/mol. The minimum Gasteiger partial charge on any atom is -0.352 e. The monoisotopic (exact) mass is 301 g/mol. The van der Waals surface area contributed by atoms with Crippen molar-refractivity contribution in [1.29, 1.82) is 0 Å². The zero-order valence-electron chi connectivity index (χ0n) is 10.2. The Bertz CT molecular complexity index is 596. The Kier molecular flexibility index (Phi) is 5.98. The molecular weight excluding hydrogens is 286 g/mol. The summed E-state index contributed by atoms with van der Waals surface area (Å²) >= 11 is 1.36. The number of primary sulfonamides is 1. The number of carbonyl (C=O) groups excluding carboxylic acids is 1. The molecule has 8 heteroatoms. The van der Waals surface area contributed by atoms with Crippen LogP contribution in [0, 0.1) is 11.8 Å². The molecule has 104 valence electrons. The molecule has 0 aromatic carbocycles. The third-order valence-electron chi connectivity index (χ3n) is 2.07. The minimum atomic E-state index is -3.47. The third kappa shape index (κ3) is 6.35. The molecule has 0 unspecified atom stereocenters. The Balaban J connectivity index is 2.43. The molecule has 0 saturated heterocycles. The number of carbonyl (C=O) groups is 1. The molecular formula is C11H15N3O3S2. The standard InChI is InChI=1S/C11H15N3O3S2/c12-4-1-3-10-7-9(8-18-10)11(15)14-5-2-6-19(13,16)17/h7-8H,2,4-6,12H2,(H,14,15)(H2,13,16,17). The fourth-order valence-electron chi connectivity index (χ4n) is 1.24. The van der Waals surface area contributed by atoms with Gasteiger partial charge >= 0.3 is 0 Å². The number of nitrogens with one attached hydrogen (secondary N) is 1. The molecule has 19 heavy (non-hydrogen) atoms. The highest BCUT2D eigenvalue weighted by molar-refractivity contribution is 7.89. The fourth-order valence-corrected chi connectivity index (χ4v) is 2.54. The highest BCUT2D eigenvalue weighted by Gasteiger charge is 2.08. The topological polar surface area (TPSA) is 115 Å². The maximum Gasteiger partial charge on any atom is 0.252 e. The first kappa shape index (κ1) is 15.7. The van der Waals surface area contributed by atoms with Gasteiger partial charge in [-0.2, -0.15) is 0 Å². The molecule has 1 aromatic heterocycles. The lowest BCUT2D eigenvalue weighted by atomic mass is 10.3. The Morgan fingerprint density at radius 3 is 2.84 bits per heavy atom. The van der Waals surface area contributed by atoms with Crippen LogP contribution in [-0.4, -0.2) is 33.2 Å². The summed E-state index contributed by atoms with van der Waals surface area (Å²) in [4.78, 5) is 12.5. The highest BCUT2D eigenvalue weighted by Crippen LogP contribution is 2.13. The molecule has 6 nitrogen and oxygen atoms in total. The summed E-state index contributed by atoms with van der Waals surface area (Å²) < 4.78 is 21.4. The van der Waals surface area contributed by atoms with Crippen LogP contribution in [0.25, 0.3) is 0 Å². The molecule has 5 N–H and O–H groups in total. The molecule has 0 bridgehead atoms. The van der Waals surface area contributed by atoms with Crippen molar-refractivity contribution in [3.05, 3.63) is 21.9 Å². The van der Waals surface area contributed by atoms with E-state index in [4.69, 9.17) is 10.9 Å². The predicted molar refractivity (Wildman–Crippen MR) is 75.2 cm³/mol. The molecule has 1 heterocycles. The zero-order valence-corrected chi connectivity index (χ0v) is 11.8. The van der Waals surface area contributed by atoms with Gasteiger partial charge in [0.25, 0.3) is 5.91 Å². The van der Waals surface area contributed by atoms with Crippen molar-refractivity contribution in [2.45, 2.75) is 6.42 Å². The van der Waals surface area contributed by atoms with E-state index >= 15 is 0 Å². The first-order chi connectivity index (χ1) is 8.92. The second kappa shape index (κ2) is 7.25. The maximum atomic E-state index is 11.7. The average Bonchev–Trinajstić information content (AvgIpc) is 2.79. The van der Waals surface area contributed by atoms with E-state index in [1.807, 2.05) is 0 Å². The fraction of sp³-hybridized carbons (Fsp3) is 0.364. The third-order valence-corrected chi connectivity index (χ3v) is 3.77. The smallest absolute Gasteiger partial charge is 0.252 e. The first-order valence-electron chi connectivity index (χ1n) is 5.48. The molecule has 0 spiro atoms. The lowest BCUT2D eigenvalue weighted by Gasteiger charge is -2.02. The van der Waals surface area contributed by atoms with Crippen molar-refractivity contribution >= 4 is 27.3 Å². The van der Waals surface area contributed by atoms with E-state index in [2.05, 4.69) is 17.2 Å². The summed E-state index contributed by atoms with van der Waals surface area (Å²) in [7, 11) is -3.47. The van der Waals surface area contributed by atoms with Crippen LogP contribution in [0.3, 0.4) is 0 Å². The number of thiophene rings is 1. The van der Waals surface area contributed by atoms with Crippen LogP contribution in [0.15, 0.2) is 11.4 Å². The molecule has 0 aliphatic carbocycles. The van der Waals surface area contributed by atoms with Crippen molar-refractivity contribution in [2.75, 3.05) is 18.8 Å². The lowest BCUT2D eigenvalue weighted by Crippen LogP contribution is -2.27. The van der Waals surface area contributed by atoms with Gasteiger partial charge < -0.3 is 11.1 Å². The number of sulfonamides is 1. The molecule has 0 radical (unpaired) electrons. The largest absolute Gasteiger partial charge is 0.352 e. The minimum absolute atomic E-state index is 0.149. The van der Waals surface area contributed by atoms with Gasteiger partial charge in [-0.25, -0.2) is 13.6 Å². The predicted octanol–water partition coefficient (Wildman–Crippen LogP) is -0.533. The second-order valence-electron chi connectivity index (χ2n) is 3.68. The number of rotatable bonds is 5. The van der Waals surface area contributed by atoms with Gasteiger partial charge in [-0.15, -0.1) is 11.3 Å². The summed E-state index contributed by atoms with van der Waals surface area (Å²) in [6.07, 6.45) is 0.286. The van der Waals surface area contributed by atoms with E-state index in [1.165, 1.54) is 11.3 Å². The van der Waals surface area contributed by atoms with Gasteiger partial charge in [-0.1, -0.05) is 11.8 Å². The molecule has 0 aliphatic rings. The van der Waals surface area contributed by atoms with Crippen molar-refractivity contribution in [2.24, 2.45) is 10.9 Å². The van der Waals surface area contributed by atoms with E-state index in [0.717, 1.165) is 4.88 Å². The molecule has 0 saturated carbocycles. The van der Waals surface area contributed by atoms with Gasteiger partial charge in [0.15, 0.2) is 0 Å². The van der Waals surface area contributed by atoms with Crippen molar-refractivity contribution in [3.8, 4) is 11.8 Å². The molecule has 1 amide bonds. The summed E-state index contributed by atoms with van der Waals surface area (Å²) in [5, 5.41) is 9.15. The first-order valence-corrected chi connectivity index (χ1v) is 8.08. The van der Waals surface area contributed by atoms with Crippen LogP contribution in [0.5, 0.6) is 0 Å². The van der Waals surface area contributed by atoms with Crippen molar-refractivity contribution in [1.82, 2.24) is 5.32 Å². The Hall–Kier alpha value is -1.40. The van der Waals surface area contributed by atoms with Crippen LogP contribution < -0.4 is 16.2 Å². The van der Waals surface area contributed by atoms with Gasteiger partial charge in [0.05, 0.1) is 22.7 Å². The van der Waals surface area contributed by atoms with Crippen molar-refractivity contribution in [3.63, 3.8) is 0 Å². The van der Waals surface area contributed by atoms with Gasteiger partial charge in [-0.05, 0) is 12.5 Å². The Morgan fingerprint density at radius 1 is 1.47 bits per heavy atom. The summed E-state index contributed by atoms with van der Waals surface area (Å²) in [5.41, 5.74) is 5.75. The SMILES string of the molecule is NCC#Cc1cc(C(=O)NCCCS(N)(=O)=O)cs1. The summed E-state index contributed by atoms with van der Waals surface area (Å²) in [5.74, 6) is 5.13. The number of amides is 1. The molecule has 1 rings (SSSR count). The normalized spacial score (nSPS) is 10.6. The number of nitrogens with two attached hydrogens (primary N) is 2. The quantitative estimate of drug-likeness (QED) is 0.500. The van der Waals surface area contributed by atoms with E-state index in [1.54, 1.807) is 11.4 Å². The molecule has 0 fully saturated rings. The van der Waals surface area contributed by atoms with Crippen LogP contribution in [-0.2, 0) is 10.0 Å². The van der Waals surface area contributed by atoms with Gasteiger partial charge in [0.2, 0.25) is 10.0 Å². The Morgan fingerprint density at radius 2 is 2.21 bits per heavy atom. The van der Waals surface area contributed by atoms with Crippen LogP contribution in [0.2, 0.25) is 0 Å².